The average Bonchev–Trinajstić information content (AvgIpc) is 2.86. The number of nitrogens with zero attached hydrogens (tertiary/aromatic N) is 1. The minimum Gasteiger partial charge on any atom is -0.497 e. The fourth-order valence-corrected chi connectivity index (χ4v) is 2.10. The van der Waals surface area contributed by atoms with Crippen molar-refractivity contribution in [1.29, 1.82) is 0 Å². The number of carbonyl (C=O) groups is 1. The lowest BCUT2D eigenvalue weighted by molar-refractivity contribution is -0.130. The summed E-state index contributed by atoms with van der Waals surface area (Å²) in [5.74, 6) is 1.64. The minimum absolute atomic E-state index is 0.112. The van der Waals surface area contributed by atoms with Crippen LogP contribution in [0.5, 0.6) is 11.5 Å². The molecule has 1 aromatic carbocycles. The molecule has 0 bridgehead atoms. The minimum atomic E-state index is 0.112. The van der Waals surface area contributed by atoms with E-state index in [-0.39, 0.29) is 11.9 Å². The average molecular weight is 264 g/mol. The Morgan fingerprint density at radius 2 is 2.05 bits per heavy atom. The van der Waals surface area contributed by atoms with Crippen LogP contribution >= 0.6 is 0 Å². The maximum atomic E-state index is 11.9. The number of hydrogen-bond acceptors (Lipinski definition) is 4. The third-order valence-corrected chi connectivity index (χ3v) is 3.22. The number of likely N-dealkylation sites (tertiary alicyclic amines) is 1. The highest BCUT2D eigenvalue weighted by Gasteiger charge is 2.22. The maximum absolute atomic E-state index is 11.9. The lowest BCUT2D eigenvalue weighted by atomic mass is 10.3. The van der Waals surface area contributed by atoms with E-state index in [0.717, 1.165) is 24.5 Å². The van der Waals surface area contributed by atoms with Crippen molar-refractivity contribution in [3.8, 4) is 11.5 Å². The van der Waals surface area contributed by atoms with E-state index in [1.807, 2.05) is 29.2 Å². The highest BCUT2D eigenvalue weighted by Crippen LogP contribution is 2.17. The van der Waals surface area contributed by atoms with Crippen LogP contribution in [-0.2, 0) is 4.79 Å². The molecule has 5 nitrogen and oxygen atoms in total. The van der Waals surface area contributed by atoms with Crippen LogP contribution in [0.15, 0.2) is 24.3 Å². The predicted molar refractivity (Wildman–Crippen MR) is 72.3 cm³/mol. The standard InChI is InChI=1S/C14H20N2O3/c1-18-12-2-4-13(5-3-12)19-9-7-14(17)16-8-6-11(15)10-16/h2-5,11H,6-10,15H2,1H3/t11-/m1/s1. The van der Waals surface area contributed by atoms with E-state index in [2.05, 4.69) is 0 Å². The van der Waals surface area contributed by atoms with E-state index in [1.165, 1.54) is 0 Å². The quantitative estimate of drug-likeness (QED) is 0.862. The first kappa shape index (κ1) is 13.7. The van der Waals surface area contributed by atoms with Crippen LogP contribution in [0.4, 0.5) is 0 Å². The van der Waals surface area contributed by atoms with Gasteiger partial charge in [-0.1, -0.05) is 0 Å². The number of carbonyl (C=O) groups excluding carboxylic acids is 1. The van der Waals surface area contributed by atoms with Gasteiger partial charge in [-0.15, -0.1) is 0 Å². The van der Waals surface area contributed by atoms with Crippen LogP contribution < -0.4 is 15.2 Å². The fraction of sp³-hybridized carbons (Fsp3) is 0.500. The molecule has 1 aliphatic heterocycles. The van der Waals surface area contributed by atoms with Gasteiger partial charge in [-0.3, -0.25) is 4.79 Å². The third-order valence-electron chi connectivity index (χ3n) is 3.22. The monoisotopic (exact) mass is 264 g/mol. The van der Waals surface area contributed by atoms with Crippen molar-refractivity contribution in [3.05, 3.63) is 24.3 Å². The van der Waals surface area contributed by atoms with Crippen molar-refractivity contribution in [3.63, 3.8) is 0 Å². The molecule has 1 fully saturated rings. The van der Waals surface area contributed by atoms with E-state index in [1.54, 1.807) is 7.11 Å². The van der Waals surface area contributed by atoms with Gasteiger partial charge in [-0.05, 0) is 30.7 Å². The number of methoxy groups -OCH3 is 1. The van der Waals surface area contributed by atoms with E-state index in [9.17, 15) is 4.79 Å². The fourth-order valence-electron chi connectivity index (χ4n) is 2.10. The van der Waals surface area contributed by atoms with Gasteiger partial charge in [0.25, 0.3) is 0 Å². The van der Waals surface area contributed by atoms with E-state index in [0.29, 0.717) is 19.6 Å². The Labute approximate surface area is 113 Å². The number of rotatable bonds is 5. The number of ether oxygens (including phenoxy) is 2. The highest BCUT2D eigenvalue weighted by atomic mass is 16.5. The summed E-state index contributed by atoms with van der Waals surface area (Å²) in [5.41, 5.74) is 5.77. The molecule has 1 aromatic rings. The molecule has 0 saturated carbocycles. The van der Waals surface area contributed by atoms with Gasteiger partial charge in [-0.25, -0.2) is 0 Å². The highest BCUT2D eigenvalue weighted by molar-refractivity contribution is 5.76. The first-order valence-corrected chi connectivity index (χ1v) is 6.49. The zero-order valence-electron chi connectivity index (χ0n) is 11.2. The van der Waals surface area contributed by atoms with E-state index in [4.69, 9.17) is 15.2 Å². The van der Waals surface area contributed by atoms with Gasteiger partial charge < -0.3 is 20.1 Å². The molecule has 1 atom stereocenters. The summed E-state index contributed by atoms with van der Waals surface area (Å²) in [6.45, 7) is 1.82. The molecule has 1 heterocycles. The number of hydrogen-bond donors (Lipinski definition) is 1. The summed E-state index contributed by atoms with van der Waals surface area (Å²) in [7, 11) is 1.62. The Bertz CT molecular complexity index is 419. The van der Waals surface area contributed by atoms with Gasteiger partial charge in [0, 0.05) is 19.1 Å². The smallest absolute Gasteiger partial charge is 0.226 e. The second-order valence-electron chi connectivity index (χ2n) is 4.66. The molecule has 0 aromatic heterocycles. The maximum Gasteiger partial charge on any atom is 0.226 e. The number of amides is 1. The molecular formula is C14H20N2O3. The van der Waals surface area contributed by atoms with Crippen LogP contribution in [0.2, 0.25) is 0 Å². The number of nitrogens with two attached hydrogens (primary N) is 1. The molecule has 5 heteroatoms. The van der Waals surface area contributed by atoms with Crippen molar-refractivity contribution in [2.75, 3.05) is 26.8 Å². The van der Waals surface area contributed by atoms with Crippen molar-refractivity contribution in [1.82, 2.24) is 4.90 Å². The Kier molecular flexibility index (Phi) is 4.63. The summed E-state index contributed by atoms with van der Waals surface area (Å²) in [6, 6.07) is 7.45. The molecule has 0 spiro atoms. The first-order valence-electron chi connectivity index (χ1n) is 6.49. The van der Waals surface area contributed by atoms with Crippen LogP contribution in [0.1, 0.15) is 12.8 Å². The molecule has 1 saturated heterocycles. The van der Waals surface area contributed by atoms with Crippen molar-refractivity contribution in [2.24, 2.45) is 5.73 Å². The van der Waals surface area contributed by atoms with Gasteiger partial charge in [0.15, 0.2) is 0 Å². The predicted octanol–water partition coefficient (Wildman–Crippen LogP) is 1.02. The molecule has 0 unspecified atom stereocenters. The normalized spacial score (nSPS) is 18.4. The summed E-state index contributed by atoms with van der Waals surface area (Å²) in [4.78, 5) is 13.7. The Morgan fingerprint density at radius 1 is 1.37 bits per heavy atom. The van der Waals surface area contributed by atoms with Crippen molar-refractivity contribution < 1.29 is 14.3 Å². The van der Waals surface area contributed by atoms with Crippen molar-refractivity contribution in [2.45, 2.75) is 18.9 Å². The third kappa shape index (κ3) is 3.86. The van der Waals surface area contributed by atoms with Gasteiger partial charge >= 0.3 is 0 Å². The Hall–Kier alpha value is -1.75. The summed E-state index contributed by atoms with van der Waals surface area (Å²) < 4.78 is 10.6. The molecule has 2 N–H and O–H groups in total. The molecule has 0 aliphatic carbocycles. The molecule has 19 heavy (non-hydrogen) atoms. The van der Waals surface area contributed by atoms with Crippen LogP contribution in [0, 0.1) is 0 Å². The van der Waals surface area contributed by atoms with Gasteiger partial charge in [0.1, 0.15) is 11.5 Å². The topological polar surface area (TPSA) is 64.8 Å². The van der Waals surface area contributed by atoms with Crippen LogP contribution in [0.3, 0.4) is 0 Å². The SMILES string of the molecule is COc1ccc(OCCC(=O)N2CC[C@@H](N)C2)cc1. The second kappa shape index (κ2) is 6.43. The van der Waals surface area contributed by atoms with Gasteiger partial charge in [-0.2, -0.15) is 0 Å². The van der Waals surface area contributed by atoms with E-state index < -0.39 is 0 Å². The summed E-state index contributed by atoms with van der Waals surface area (Å²) in [6.07, 6.45) is 1.28. The van der Waals surface area contributed by atoms with E-state index >= 15 is 0 Å². The zero-order valence-corrected chi connectivity index (χ0v) is 11.2. The molecule has 0 radical (unpaired) electrons. The zero-order chi connectivity index (χ0) is 13.7. The van der Waals surface area contributed by atoms with Gasteiger partial charge in [0.2, 0.25) is 5.91 Å². The Morgan fingerprint density at radius 3 is 2.63 bits per heavy atom. The van der Waals surface area contributed by atoms with Gasteiger partial charge in [0.05, 0.1) is 20.1 Å². The van der Waals surface area contributed by atoms with Crippen LogP contribution in [-0.4, -0.2) is 43.7 Å². The largest absolute Gasteiger partial charge is 0.497 e. The summed E-state index contributed by atoms with van der Waals surface area (Å²) >= 11 is 0. The summed E-state index contributed by atoms with van der Waals surface area (Å²) in [5, 5.41) is 0. The molecule has 104 valence electrons. The number of benzene rings is 1. The van der Waals surface area contributed by atoms with Crippen LogP contribution in [0.25, 0.3) is 0 Å². The molecular weight excluding hydrogens is 244 g/mol. The molecule has 2 rings (SSSR count). The lowest BCUT2D eigenvalue weighted by Gasteiger charge is -2.15. The second-order valence-corrected chi connectivity index (χ2v) is 4.66. The van der Waals surface area contributed by atoms with Crippen molar-refractivity contribution >= 4 is 5.91 Å². The lowest BCUT2D eigenvalue weighted by Crippen LogP contribution is -2.32. The Balaban J connectivity index is 1.72. The first-order chi connectivity index (χ1) is 9.19. The molecule has 1 aliphatic rings. The molecule has 1 amide bonds.